The van der Waals surface area contributed by atoms with Crippen molar-refractivity contribution in [2.24, 2.45) is 0 Å². The Morgan fingerprint density at radius 1 is 0.952 bits per heavy atom. The van der Waals surface area contributed by atoms with Crippen molar-refractivity contribution >= 4 is 21.8 Å². The summed E-state index contributed by atoms with van der Waals surface area (Å²) >= 11 is 0. The maximum atomic E-state index is 5.64. The van der Waals surface area contributed by atoms with Crippen LogP contribution in [0.2, 0.25) is 0 Å². The molecule has 2 heterocycles. The Balaban J connectivity index is 2.11. The van der Waals surface area contributed by atoms with Gasteiger partial charge in [-0.25, -0.2) is 0 Å². The predicted octanol–water partition coefficient (Wildman–Crippen LogP) is 4.54. The summed E-state index contributed by atoms with van der Waals surface area (Å²) in [7, 11) is 0. The Morgan fingerprint density at radius 3 is 2.10 bits per heavy atom. The molecule has 1 atom stereocenters. The second-order valence-electron chi connectivity index (χ2n) is 5.94. The van der Waals surface area contributed by atoms with Gasteiger partial charge in [-0.2, -0.15) is 0 Å². The fourth-order valence-corrected chi connectivity index (χ4v) is 3.32. The third-order valence-corrected chi connectivity index (χ3v) is 4.31. The molecule has 0 saturated carbocycles. The highest BCUT2D eigenvalue weighted by Gasteiger charge is 2.18. The van der Waals surface area contributed by atoms with Crippen molar-refractivity contribution in [2.45, 2.75) is 19.9 Å². The van der Waals surface area contributed by atoms with Crippen molar-refractivity contribution in [3.05, 3.63) is 59.7 Å². The first-order valence-corrected chi connectivity index (χ1v) is 7.49. The van der Waals surface area contributed by atoms with Crippen LogP contribution in [0.15, 0.2) is 48.6 Å². The Morgan fingerprint density at radius 2 is 1.57 bits per heavy atom. The van der Waals surface area contributed by atoms with E-state index in [-0.39, 0.29) is 6.04 Å². The van der Waals surface area contributed by atoms with E-state index in [1.54, 1.807) is 0 Å². The zero-order valence-electron chi connectivity index (χ0n) is 12.5. The Hall–Kier alpha value is -2.06. The summed E-state index contributed by atoms with van der Waals surface area (Å²) in [5, 5.41) is 2.68. The van der Waals surface area contributed by atoms with Crippen LogP contribution in [0.25, 0.3) is 21.8 Å². The zero-order chi connectivity index (χ0) is 14.4. The van der Waals surface area contributed by atoms with Crippen LogP contribution < -0.4 is 0 Å². The van der Waals surface area contributed by atoms with E-state index >= 15 is 0 Å². The van der Waals surface area contributed by atoms with Gasteiger partial charge in [0, 0.05) is 21.8 Å². The lowest BCUT2D eigenvalue weighted by Crippen LogP contribution is -2.16. The summed E-state index contributed by atoms with van der Waals surface area (Å²) in [6, 6.07) is 13.7. The minimum absolute atomic E-state index is 0.282. The van der Waals surface area contributed by atoms with E-state index in [9.17, 15) is 0 Å². The summed E-state index contributed by atoms with van der Waals surface area (Å²) in [5.74, 6) is 0. The van der Waals surface area contributed by atoms with Crippen molar-refractivity contribution in [1.82, 2.24) is 4.57 Å². The molecule has 1 aromatic heterocycles. The molecule has 1 unspecified atom stereocenters. The molecular weight excluding hydrogens is 258 g/mol. The molecule has 0 amide bonds. The van der Waals surface area contributed by atoms with E-state index < -0.39 is 0 Å². The molecule has 106 valence electrons. The van der Waals surface area contributed by atoms with Crippen LogP contribution in [-0.4, -0.2) is 17.8 Å². The van der Waals surface area contributed by atoms with Gasteiger partial charge in [-0.3, -0.25) is 0 Å². The van der Waals surface area contributed by atoms with Crippen LogP contribution in [0.3, 0.4) is 0 Å². The molecular formula is C19H19NO. The number of ether oxygens (including phenoxy) is 1. The smallest absolute Gasteiger partial charge is 0.0757 e. The molecule has 0 fully saturated rings. The number of fused-ring (bicyclic) bond motifs is 3. The molecule has 2 aromatic carbocycles. The minimum Gasteiger partial charge on any atom is -0.375 e. The monoisotopic (exact) mass is 277 g/mol. The molecule has 3 aromatic rings. The average molecular weight is 277 g/mol. The Bertz CT molecular complexity index is 798. The summed E-state index contributed by atoms with van der Waals surface area (Å²) in [4.78, 5) is 0. The maximum Gasteiger partial charge on any atom is 0.0757 e. The molecule has 0 saturated heterocycles. The van der Waals surface area contributed by atoms with Crippen molar-refractivity contribution in [3.8, 4) is 0 Å². The van der Waals surface area contributed by atoms with Gasteiger partial charge in [-0.05, 0) is 38.1 Å². The molecule has 1 aliphatic rings. The van der Waals surface area contributed by atoms with Gasteiger partial charge in [0.2, 0.25) is 0 Å². The lowest BCUT2D eigenvalue weighted by molar-refractivity contribution is 0.131. The third-order valence-electron chi connectivity index (χ3n) is 4.31. The van der Waals surface area contributed by atoms with E-state index in [0.717, 1.165) is 13.2 Å². The highest BCUT2D eigenvalue weighted by molar-refractivity contribution is 6.08. The standard InChI is InChI=1S/C19H19NO/c1-13-5-7-18-16(10-13)17-11-14(2)6-8-19(17)20(18)15-4-3-9-21-12-15/h3-8,10-11,15H,9,12H2,1-2H3. The first-order valence-electron chi connectivity index (χ1n) is 7.49. The molecule has 0 bridgehead atoms. The van der Waals surface area contributed by atoms with Gasteiger partial charge in [-0.15, -0.1) is 0 Å². The van der Waals surface area contributed by atoms with Crippen LogP contribution in [0.5, 0.6) is 0 Å². The quantitative estimate of drug-likeness (QED) is 0.596. The zero-order valence-corrected chi connectivity index (χ0v) is 12.5. The van der Waals surface area contributed by atoms with E-state index in [1.807, 2.05) is 0 Å². The van der Waals surface area contributed by atoms with Crippen LogP contribution in [-0.2, 0) is 4.74 Å². The highest BCUT2D eigenvalue weighted by atomic mass is 16.5. The molecule has 2 nitrogen and oxygen atoms in total. The summed E-state index contributed by atoms with van der Waals surface area (Å²) < 4.78 is 8.06. The van der Waals surface area contributed by atoms with Crippen molar-refractivity contribution in [2.75, 3.05) is 13.2 Å². The molecule has 0 N–H and O–H groups in total. The number of benzene rings is 2. The van der Waals surface area contributed by atoms with Crippen LogP contribution >= 0.6 is 0 Å². The minimum atomic E-state index is 0.282. The average Bonchev–Trinajstić information content (AvgIpc) is 2.81. The van der Waals surface area contributed by atoms with Gasteiger partial charge in [0.15, 0.2) is 0 Å². The summed E-state index contributed by atoms with van der Waals surface area (Å²) in [5.41, 5.74) is 5.19. The van der Waals surface area contributed by atoms with Crippen LogP contribution in [0.4, 0.5) is 0 Å². The van der Waals surface area contributed by atoms with Gasteiger partial charge in [0.1, 0.15) is 0 Å². The Kier molecular flexibility index (Phi) is 2.86. The van der Waals surface area contributed by atoms with Gasteiger partial charge < -0.3 is 9.30 Å². The first kappa shape index (κ1) is 12.7. The number of hydrogen-bond acceptors (Lipinski definition) is 1. The summed E-state index contributed by atoms with van der Waals surface area (Å²) in [6.07, 6.45) is 4.39. The molecule has 0 radical (unpaired) electrons. The fraction of sp³-hybridized carbons (Fsp3) is 0.263. The van der Waals surface area contributed by atoms with Gasteiger partial charge in [-0.1, -0.05) is 35.4 Å². The fourth-order valence-electron chi connectivity index (χ4n) is 3.32. The summed E-state index contributed by atoms with van der Waals surface area (Å²) in [6.45, 7) is 5.78. The lowest BCUT2D eigenvalue weighted by atomic mass is 10.1. The number of aromatic nitrogens is 1. The number of aryl methyl sites for hydroxylation is 2. The number of rotatable bonds is 1. The SMILES string of the molecule is Cc1ccc2c(c1)c1cc(C)ccc1n2C1C=CCOC1. The van der Waals surface area contributed by atoms with E-state index in [0.29, 0.717) is 0 Å². The maximum absolute atomic E-state index is 5.64. The van der Waals surface area contributed by atoms with Crippen molar-refractivity contribution < 1.29 is 4.74 Å². The second kappa shape index (κ2) is 4.74. The molecule has 21 heavy (non-hydrogen) atoms. The van der Waals surface area contributed by atoms with Crippen molar-refractivity contribution in [1.29, 1.82) is 0 Å². The Labute approximate surface area is 124 Å². The van der Waals surface area contributed by atoms with Crippen LogP contribution in [0.1, 0.15) is 17.2 Å². The topological polar surface area (TPSA) is 14.2 Å². The van der Waals surface area contributed by atoms with E-state index in [4.69, 9.17) is 4.74 Å². The highest BCUT2D eigenvalue weighted by Crippen LogP contribution is 2.34. The molecule has 1 aliphatic heterocycles. The molecule has 2 heteroatoms. The third kappa shape index (κ3) is 1.98. The molecule has 0 spiro atoms. The van der Waals surface area contributed by atoms with Gasteiger partial charge in [0.25, 0.3) is 0 Å². The van der Waals surface area contributed by atoms with Gasteiger partial charge >= 0.3 is 0 Å². The van der Waals surface area contributed by atoms with Crippen molar-refractivity contribution in [3.63, 3.8) is 0 Å². The van der Waals surface area contributed by atoms with E-state index in [1.165, 1.54) is 32.9 Å². The number of nitrogens with zero attached hydrogens (tertiary/aromatic N) is 1. The van der Waals surface area contributed by atoms with E-state index in [2.05, 4.69) is 67.0 Å². The van der Waals surface area contributed by atoms with Crippen LogP contribution in [0, 0.1) is 13.8 Å². The lowest BCUT2D eigenvalue weighted by Gasteiger charge is -2.21. The first-order chi connectivity index (χ1) is 10.2. The molecule has 4 rings (SSSR count). The largest absolute Gasteiger partial charge is 0.375 e. The second-order valence-corrected chi connectivity index (χ2v) is 5.94. The van der Waals surface area contributed by atoms with Gasteiger partial charge in [0.05, 0.1) is 19.3 Å². The predicted molar refractivity (Wildman–Crippen MR) is 87.9 cm³/mol. The normalized spacial score (nSPS) is 18.7. The molecule has 0 aliphatic carbocycles. The number of hydrogen-bond donors (Lipinski definition) is 0.